The van der Waals surface area contributed by atoms with Crippen molar-refractivity contribution in [1.29, 1.82) is 0 Å². The largest absolute Gasteiger partial charge is 0.312 e. The molecule has 14 heavy (non-hydrogen) atoms. The van der Waals surface area contributed by atoms with E-state index in [1.807, 2.05) is 0 Å². The number of hydrogen-bond donors (Lipinski definition) is 1. The van der Waals surface area contributed by atoms with E-state index in [9.17, 15) is 0 Å². The van der Waals surface area contributed by atoms with Crippen LogP contribution in [0.25, 0.3) is 0 Å². The lowest BCUT2D eigenvalue weighted by atomic mass is 10.1. The Balaban J connectivity index is 1.49. The van der Waals surface area contributed by atoms with E-state index < -0.39 is 0 Å². The number of piperidine rings is 1. The summed E-state index contributed by atoms with van der Waals surface area (Å²) in [6, 6.07) is 2.58. The Bertz CT molecular complexity index is 212. The Morgan fingerprint density at radius 3 is 2.71 bits per heavy atom. The Morgan fingerprint density at radius 1 is 1.29 bits per heavy atom. The van der Waals surface area contributed by atoms with Crippen LogP contribution in [-0.2, 0) is 0 Å². The van der Waals surface area contributed by atoms with Gasteiger partial charge in [-0.05, 0) is 44.9 Å². The summed E-state index contributed by atoms with van der Waals surface area (Å²) in [5, 5.41) is 3.65. The summed E-state index contributed by atoms with van der Waals surface area (Å²) >= 11 is 0. The number of nitrogens with one attached hydrogen (secondary N) is 1. The molecular weight excluding hydrogens is 172 g/mol. The summed E-state index contributed by atoms with van der Waals surface area (Å²) in [6.07, 6.45) is 7.30. The van der Waals surface area contributed by atoms with Gasteiger partial charge in [0.15, 0.2) is 0 Å². The quantitative estimate of drug-likeness (QED) is 0.731. The number of hydrogen-bond acceptors (Lipinski definition) is 2. The van der Waals surface area contributed by atoms with Gasteiger partial charge < -0.3 is 5.32 Å². The molecule has 0 aromatic carbocycles. The van der Waals surface area contributed by atoms with E-state index in [1.54, 1.807) is 0 Å². The van der Waals surface area contributed by atoms with Crippen molar-refractivity contribution in [1.82, 2.24) is 10.2 Å². The molecule has 3 rings (SSSR count). The van der Waals surface area contributed by atoms with Crippen LogP contribution < -0.4 is 5.32 Å². The Morgan fingerprint density at radius 2 is 2.14 bits per heavy atom. The van der Waals surface area contributed by atoms with Crippen LogP contribution in [0, 0.1) is 5.92 Å². The number of fused-ring (bicyclic) bond motifs is 2. The van der Waals surface area contributed by atoms with E-state index in [0.29, 0.717) is 0 Å². The van der Waals surface area contributed by atoms with Gasteiger partial charge in [0.05, 0.1) is 0 Å². The van der Waals surface area contributed by atoms with Crippen LogP contribution in [0.2, 0.25) is 0 Å². The zero-order valence-electron chi connectivity index (χ0n) is 9.21. The highest BCUT2D eigenvalue weighted by molar-refractivity contribution is 4.95. The van der Waals surface area contributed by atoms with Crippen LogP contribution in [0.5, 0.6) is 0 Å². The molecule has 0 radical (unpaired) electrons. The van der Waals surface area contributed by atoms with Gasteiger partial charge in [0, 0.05) is 31.2 Å². The summed E-state index contributed by atoms with van der Waals surface area (Å²) in [5.74, 6) is 1.04. The van der Waals surface area contributed by atoms with Crippen LogP contribution >= 0.6 is 0 Å². The van der Waals surface area contributed by atoms with Crippen molar-refractivity contribution in [3.8, 4) is 0 Å². The van der Waals surface area contributed by atoms with Gasteiger partial charge in [0.2, 0.25) is 0 Å². The fraction of sp³-hybridized carbons (Fsp3) is 1.00. The first-order valence-electron chi connectivity index (χ1n) is 6.32. The van der Waals surface area contributed by atoms with Crippen molar-refractivity contribution in [3.05, 3.63) is 0 Å². The summed E-state index contributed by atoms with van der Waals surface area (Å²) in [6.45, 7) is 5.00. The lowest BCUT2D eigenvalue weighted by Gasteiger charge is -2.32. The first-order chi connectivity index (χ1) is 6.83. The molecule has 1 saturated heterocycles. The molecule has 3 unspecified atom stereocenters. The Hall–Kier alpha value is -0.0800. The number of likely N-dealkylation sites (tertiary alicyclic amines) is 1. The van der Waals surface area contributed by atoms with Crippen molar-refractivity contribution in [2.75, 3.05) is 13.1 Å². The van der Waals surface area contributed by atoms with Crippen molar-refractivity contribution >= 4 is 0 Å². The highest BCUT2D eigenvalue weighted by Gasteiger charge is 2.39. The molecule has 3 aliphatic rings. The fourth-order valence-electron chi connectivity index (χ4n) is 3.24. The molecule has 2 heteroatoms. The molecule has 2 bridgehead atoms. The van der Waals surface area contributed by atoms with E-state index in [-0.39, 0.29) is 0 Å². The third-order valence-electron chi connectivity index (χ3n) is 4.30. The van der Waals surface area contributed by atoms with Crippen molar-refractivity contribution < 1.29 is 0 Å². The molecule has 2 saturated carbocycles. The van der Waals surface area contributed by atoms with Gasteiger partial charge in [-0.25, -0.2) is 0 Å². The van der Waals surface area contributed by atoms with Crippen LogP contribution in [-0.4, -0.2) is 36.1 Å². The van der Waals surface area contributed by atoms with Crippen molar-refractivity contribution in [3.63, 3.8) is 0 Å². The standard InChI is InChI=1S/C12H22N2/c1-9(7-13-11-3-4-11)14-8-10-2-5-12(14)6-10/h9-13H,2-8H2,1H3. The topological polar surface area (TPSA) is 15.3 Å². The smallest absolute Gasteiger partial charge is 0.0195 e. The minimum Gasteiger partial charge on any atom is -0.312 e. The molecule has 0 aromatic rings. The lowest BCUT2D eigenvalue weighted by Crippen LogP contribution is -2.44. The van der Waals surface area contributed by atoms with E-state index in [4.69, 9.17) is 0 Å². The maximum atomic E-state index is 3.65. The van der Waals surface area contributed by atoms with Crippen LogP contribution in [0.4, 0.5) is 0 Å². The monoisotopic (exact) mass is 194 g/mol. The minimum atomic E-state index is 0.769. The Kier molecular flexibility index (Phi) is 2.29. The molecule has 1 heterocycles. The molecule has 0 amide bonds. The average molecular weight is 194 g/mol. The molecule has 0 aromatic heterocycles. The first-order valence-corrected chi connectivity index (χ1v) is 6.32. The predicted molar refractivity (Wildman–Crippen MR) is 58.3 cm³/mol. The third kappa shape index (κ3) is 1.70. The van der Waals surface area contributed by atoms with Crippen LogP contribution in [0.15, 0.2) is 0 Å². The van der Waals surface area contributed by atoms with E-state index in [0.717, 1.165) is 24.0 Å². The summed E-state index contributed by atoms with van der Waals surface area (Å²) in [5.41, 5.74) is 0. The highest BCUT2D eigenvalue weighted by atomic mass is 15.2. The number of nitrogens with zero attached hydrogens (tertiary/aromatic N) is 1. The van der Waals surface area contributed by atoms with E-state index >= 15 is 0 Å². The van der Waals surface area contributed by atoms with Gasteiger partial charge >= 0.3 is 0 Å². The molecule has 2 aliphatic carbocycles. The summed E-state index contributed by atoms with van der Waals surface area (Å²) in [4.78, 5) is 2.75. The Labute approximate surface area is 87.0 Å². The average Bonchev–Trinajstić information content (AvgIpc) is 2.79. The van der Waals surface area contributed by atoms with Gasteiger partial charge in [0.25, 0.3) is 0 Å². The first kappa shape index (κ1) is 9.17. The van der Waals surface area contributed by atoms with E-state index in [2.05, 4.69) is 17.1 Å². The zero-order valence-corrected chi connectivity index (χ0v) is 9.21. The van der Waals surface area contributed by atoms with Gasteiger partial charge in [0.1, 0.15) is 0 Å². The molecule has 1 aliphatic heterocycles. The molecule has 3 atom stereocenters. The molecular formula is C12H22N2. The minimum absolute atomic E-state index is 0.769. The molecule has 3 fully saturated rings. The van der Waals surface area contributed by atoms with Crippen molar-refractivity contribution in [2.45, 2.75) is 57.2 Å². The third-order valence-corrected chi connectivity index (χ3v) is 4.30. The SMILES string of the molecule is CC(CNC1CC1)N1CC2CCC1C2. The van der Waals surface area contributed by atoms with Crippen molar-refractivity contribution in [2.24, 2.45) is 5.92 Å². The summed E-state index contributed by atoms with van der Waals surface area (Å²) in [7, 11) is 0. The fourth-order valence-corrected chi connectivity index (χ4v) is 3.24. The second kappa shape index (κ2) is 3.49. The van der Waals surface area contributed by atoms with Gasteiger partial charge in [-0.15, -0.1) is 0 Å². The predicted octanol–water partition coefficient (Wildman–Crippen LogP) is 1.61. The maximum absolute atomic E-state index is 3.65. The van der Waals surface area contributed by atoms with Gasteiger partial charge in [-0.3, -0.25) is 4.90 Å². The lowest BCUT2D eigenvalue weighted by molar-refractivity contribution is 0.156. The second-order valence-corrected chi connectivity index (χ2v) is 5.56. The molecule has 80 valence electrons. The normalized spacial score (nSPS) is 39.2. The maximum Gasteiger partial charge on any atom is 0.0195 e. The summed E-state index contributed by atoms with van der Waals surface area (Å²) < 4.78 is 0. The van der Waals surface area contributed by atoms with Crippen LogP contribution in [0.3, 0.4) is 0 Å². The second-order valence-electron chi connectivity index (χ2n) is 5.56. The highest BCUT2D eigenvalue weighted by Crippen LogP contribution is 2.38. The zero-order chi connectivity index (χ0) is 9.54. The number of rotatable bonds is 4. The van der Waals surface area contributed by atoms with Crippen LogP contribution in [0.1, 0.15) is 39.0 Å². The van der Waals surface area contributed by atoms with Gasteiger partial charge in [-0.1, -0.05) is 0 Å². The molecule has 1 N–H and O–H groups in total. The van der Waals surface area contributed by atoms with E-state index in [1.165, 1.54) is 45.2 Å². The molecule has 0 spiro atoms. The molecule has 2 nitrogen and oxygen atoms in total. The van der Waals surface area contributed by atoms with Gasteiger partial charge in [-0.2, -0.15) is 0 Å².